The van der Waals surface area contributed by atoms with E-state index in [4.69, 9.17) is 26.2 Å². The van der Waals surface area contributed by atoms with Gasteiger partial charge in [-0.25, -0.2) is 9.78 Å². The number of fused-ring (bicyclic) bond motifs is 1. The van der Waals surface area contributed by atoms with Crippen molar-refractivity contribution < 1.29 is 42.4 Å². The first kappa shape index (κ1) is 26.2. The zero-order valence-corrected chi connectivity index (χ0v) is 20.2. The van der Waals surface area contributed by atoms with Crippen LogP contribution in [-0.2, 0) is 10.4 Å². The zero-order valence-electron chi connectivity index (χ0n) is 19.4. The Morgan fingerprint density at radius 3 is 2.51 bits per heavy atom. The molecule has 1 aliphatic heterocycles. The monoisotopic (exact) mass is 536 g/mol. The number of carbonyl (C=O) groups excluding carboxylic acids is 1. The molecule has 0 radical (unpaired) electrons. The predicted molar refractivity (Wildman–Crippen MR) is 126 cm³/mol. The number of amides is 1. The maximum Gasteiger partial charge on any atom is 0.422 e. The number of benzene rings is 2. The summed E-state index contributed by atoms with van der Waals surface area (Å²) in [5, 5.41) is 20.0. The second-order valence-corrected chi connectivity index (χ2v) is 8.79. The number of pyridine rings is 1. The van der Waals surface area contributed by atoms with E-state index in [1.165, 1.54) is 55.3 Å². The van der Waals surface area contributed by atoms with E-state index in [2.05, 4.69) is 4.98 Å². The summed E-state index contributed by atoms with van der Waals surface area (Å²) in [6.45, 7) is 0.853. The highest BCUT2D eigenvalue weighted by Crippen LogP contribution is 2.51. The SMILES string of the molecule is C[C@H](c1ccc(Oc2ccc(C(=O)O)cn2)cc1Cl)[C@@](O)(c1ccc2c(c1)OCC(=O)N2C)C(F)(F)F. The van der Waals surface area contributed by atoms with Crippen LogP contribution >= 0.6 is 11.6 Å². The van der Waals surface area contributed by atoms with Gasteiger partial charge in [-0.2, -0.15) is 13.2 Å². The number of likely N-dealkylation sites (N-methyl/N-ethyl adjacent to an activating group) is 1. The normalized spacial score (nSPS) is 15.9. The van der Waals surface area contributed by atoms with Crippen LogP contribution in [0.25, 0.3) is 0 Å². The average Bonchev–Trinajstić information content (AvgIpc) is 2.85. The number of hydrogen-bond donors (Lipinski definition) is 2. The number of rotatable bonds is 6. The number of aromatic nitrogens is 1. The summed E-state index contributed by atoms with van der Waals surface area (Å²) >= 11 is 6.33. The number of alkyl halides is 3. The molecule has 1 amide bonds. The molecule has 0 aliphatic carbocycles. The second-order valence-electron chi connectivity index (χ2n) is 8.39. The lowest BCUT2D eigenvalue weighted by Crippen LogP contribution is -2.46. The summed E-state index contributed by atoms with van der Waals surface area (Å²) in [5.74, 6) is -2.87. The van der Waals surface area contributed by atoms with E-state index >= 15 is 0 Å². The van der Waals surface area contributed by atoms with Crippen LogP contribution in [0.15, 0.2) is 54.7 Å². The third-order valence-corrected chi connectivity index (χ3v) is 6.52. The largest absolute Gasteiger partial charge is 0.482 e. The molecule has 1 aromatic heterocycles. The van der Waals surface area contributed by atoms with Crippen molar-refractivity contribution in [3.05, 3.63) is 76.4 Å². The van der Waals surface area contributed by atoms with Gasteiger partial charge in [-0.15, -0.1) is 0 Å². The summed E-state index contributed by atoms with van der Waals surface area (Å²) in [6, 6.07) is 9.98. The number of aliphatic hydroxyl groups is 1. The summed E-state index contributed by atoms with van der Waals surface area (Å²) in [5.41, 5.74) is -3.61. The third kappa shape index (κ3) is 4.79. The van der Waals surface area contributed by atoms with Crippen LogP contribution in [0.5, 0.6) is 17.4 Å². The molecule has 12 heteroatoms. The lowest BCUT2D eigenvalue weighted by Gasteiger charge is -2.38. The van der Waals surface area contributed by atoms with Crippen LogP contribution in [0.2, 0.25) is 5.02 Å². The number of carbonyl (C=O) groups is 2. The van der Waals surface area contributed by atoms with Crippen LogP contribution in [0.4, 0.5) is 18.9 Å². The Hall–Kier alpha value is -3.83. The zero-order chi connectivity index (χ0) is 27.1. The maximum atomic E-state index is 14.4. The number of nitrogens with zero attached hydrogens (tertiary/aromatic N) is 2. The topological polar surface area (TPSA) is 109 Å². The fourth-order valence-electron chi connectivity index (χ4n) is 4.01. The first-order chi connectivity index (χ1) is 17.3. The minimum absolute atomic E-state index is 0.00559. The predicted octanol–water partition coefficient (Wildman–Crippen LogP) is 5.13. The van der Waals surface area contributed by atoms with Crippen molar-refractivity contribution in [2.45, 2.75) is 24.6 Å². The van der Waals surface area contributed by atoms with Gasteiger partial charge in [0.05, 0.1) is 11.3 Å². The first-order valence-corrected chi connectivity index (χ1v) is 11.2. The van der Waals surface area contributed by atoms with Crippen molar-refractivity contribution in [2.75, 3.05) is 18.6 Å². The highest BCUT2D eigenvalue weighted by molar-refractivity contribution is 6.31. The summed E-state index contributed by atoms with van der Waals surface area (Å²) < 4.78 is 54.1. The summed E-state index contributed by atoms with van der Waals surface area (Å²) in [7, 11) is 1.47. The number of ether oxygens (including phenoxy) is 2. The molecular weight excluding hydrogens is 517 g/mol. The molecule has 2 N–H and O–H groups in total. The van der Waals surface area contributed by atoms with Gasteiger partial charge in [-0.3, -0.25) is 4.79 Å². The Morgan fingerprint density at radius 1 is 1.19 bits per heavy atom. The number of halogens is 4. The van der Waals surface area contributed by atoms with Gasteiger partial charge >= 0.3 is 12.1 Å². The molecule has 0 bridgehead atoms. The number of aromatic carboxylic acids is 1. The number of anilines is 1. The maximum absolute atomic E-state index is 14.4. The second kappa shape index (κ2) is 9.56. The van der Waals surface area contributed by atoms with Gasteiger partial charge in [0.1, 0.15) is 11.5 Å². The van der Waals surface area contributed by atoms with E-state index < -0.39 is 29.2 Å². The highest BCUT2D eigenvalue weighted by atomic mass is 35.5. The van der Waals surface area contributed by atoms with Crippen LogP contribution in [0.1, 0.15) is 34.3 Å². The van der Waals surface area contributed by atoms with Crippen LogP contribution < -0.4 is 14.4 Å². The van der Waals surface area contributed by atoms with E-state index in [-0.39, 0.29) is 51.7 Å². The molecule has 0 fully saturated rings. The van der Waals surface area contributed by atoms with Crippen molar-refractivity contribution in [3.63, 3.8) is 0 Å². The molecule has 2 heterocycles. The van der Waals surface area contributed by atoms with Gasteiger partial charge < -0.3 is 24.6 Å². The number of hydrogen-bond acceptors (Lipinski definition) is 6. The summed E-state index contributed by atoms with van der Waals surface area (Å²) in [4.78, 5) is 27.9. The molecule has 4 rings (SSSR count). The van der Waals surface area contributed by atoms with E-state index in [0.29, 0.717) is 0 Å². The van der Waals surface area contributed by atoms with E-state index in [1.54, 1.807) is 0 Å². The minimum atomic E-state index is -5.11. The molecule has 2 aromatic carbocycles. The lowest BCUT2D eigenvalue weighted by atomic mass is 9.77. The Kier molecular flexibility index (Phi) is 6.78. The van der Waals surface area contributed by atoms with E-state index in [9.17, 15) is 27.9 Å². The Balaban J connectivity index is 1.66. The molecule has 0 unspecified atom stereocenters. The molecule has 2 atom stereocenters. The lowest BCUT2D eigenvalue weighted by molar-refractivity contribution is -0.274. The molecular formula is C25H20ClF3N2O6. The van der Waals surface area contributed by atoms with Crippen molar-refractivity contribution in [2.24, 2.45) is 0 Å². The van der Waals surface area contributed by atoms with Crippen molar-refractivity contribution in [3.8, 4) is 17.4 Å². The standard InChI is InChI=1S/C25H20ClF3N2O6/c1-13(17-6-5-16(10-18(17)26)37-21-8-3-14(11-30-21)23(33)34)24(35,25(27,28)29)15-4-7-19-20(9-15)36-12-22(32)31(19)2/h3-11,13,35H,12H2,1-2H3,(H,33,34)/t13-,24-/m1/s1. The van der Waals surface area contributed by atoms with Gasteiger partial charge in [0, 0.05) is 30.3 Å². The van der Waals surface area contributed by atoms with Crippen LogP contribution in [0, 0.1) is 0 Å². The van der Waals surface area contributed by atoms with Crippen molar-refractivity contribution in [1.29, 1.82) is 0 Å². The molecule has 0 saturated carbocycles. The molecule has 3 aromatic rings. The molecule has 1 aliphatic rings. The number of carboxylic acids is 1. The van der Waals surface area contributed by atoms with Crippen LogP contribution in [-0.4, -0.2) is 46.9 Å². The van der Waals surface area contributed by atoms with E-state index in [0.717, 1.165) is 18.3 Å². The molecule has 37 heavy (non-hydrogen) atoms. The molecule has 194 valence electrons. The Labute approximate surface area is 213 Å². The highest BCUT2D eigenvalue weighted by Gasteiger charge is 2.59. The first-order valence-electron chi connectivity index (χ1n) is 10.8. The fourth-order valence-corrected chi connectivity index (χ4v) is 4.34. The third-order valence-electron chi connectivity index (χ3n) is 6.19. The summed E-state index contributed by atoms with van der Waals surface area (Å²) in [6.07, 6.45) is -4.01. The van der Waals surface area contributed by atoms with Crippen molar-refractivity contribution in [1.82, 2.24) is 4.98 Å². The molecule has 0 saturated heterocycles. The molecule has 0 spiro atoms. The average molecular weight is 537 g/mol. The Morgan fingerprint density at radius 2 is 1.92 bits per heavy atom. The van der Waals surface area contributed by atoms with Gasteiger partial charge in [-0.05, 0) is 41.5 Å². The van der Waals surface area contributed by atoms with Gasteiger partial charge in [-0.1, -0.05) is 30.7 Å². The fraction of sp³-hybridized carbons (Fsp3) is 0.240. The Bertz CT molecular complexity index is 1370. The van der Waals surface area contributed by atoms with Gasteiger partial charge in [0.15, 0.2) is 12.2 Å². The van der Waals surface area contributed by atoms with Gasteiger partial charge in [0.2, 0.25) is 5.88 Å². The smallest absolute Gasteiger partial charge is 0.422 e. The quantitative estimate of drug-likeness (QED) is 0.449. The molecule has 8 nitrogen and oxygen atoms in total. The van der Waals surface area contributed by atoms with Gasteiger partial charge in [0.25, 0.3) is 5.91 Å². The minimum Gasteiger partial charge on any atom is -0.482 e. The van der Waals surface area contributed by atoms with E-state index in [1.807, 2.05) is 0 Å². The van der Waals surface area contributed by atoms with Crippen LogP contribution in [0.3, 0.4) is 0 Å². The van der Waals surface area contributed by atoms with Crippen molar-refractivity contribution >= 4 is 29.2 Å². The number of carboxylic acid groups (broad SMARTS) is 1.